The number of carboxylic acid groups (broad SMARTS) is 1. The molecule has 0 fully saturated rings. The van der Waals surface area contributed by atoms with Gasteiger partial charge in [0.1, 0.15) is 0 Å². The third kappa shape index (κ3) is 2.79. The predicted molar refractivity (Wildman–Crippen MR) is 58.4 cm³/mol. The summed E-state index contributed by atoms with van der Waals surface area (Å²) in [5, 5.41) is 8.66. The van der Waals surface area contributed by atoms with Gasteiger partial charge in [0.05, 0.1) is 5.56 Å². The van der Waals surface area contributed by atoms with Crippen molar-refractivity contribution >= 4 is 15.8 Å². The van der Waals surface area contributed by atoms with Gasteiger partial charge >= 0.3 is 5.97 Å². The number of hydrogen-bond donors (Lipinski definition) is 1. The minimum absolute atomic E-state index is 0.0280. The van der Waals surface area contributed by atoms with E-state index in [-0.39, 0.29) is 16.5 Å². The number of hydrogen-bond acceptors (Lipinski definition) is 4. The highest BCUT2D eigenvalue weighted by Crippen LogP contribution is 2.17. The zero-order valence-electron chi connectivity index (χ0n) is 9.26. The molecule has 1 rings (SSSR count). The summed E-state index contributed by atoms with van der Waals surface area (Å²) in [5.74, 6) is -1.19. The Bertz CT molecular complexity index is 520. The van der Waals surface area contributed by atoms with Crippen molar-refractivity contribution in [2.45, 2.75) is 24.8 Å². The fourth-order valence-corrected chi connectivity index (χ4v) is 1.75. The van der Waals surface area contributed by atoms with Crippen molar-refractivity contribution in [2.24, 2.45) is 0 Å². The van der Waals surface area contributed by atoms with Crippen LogP contribution in [0.1, 0.15) is 35.8 Å². The molecule has 0 saturated heterocycles. The molecule has 0 aliphatic carbocycles. The molecule has 16 heavy (non-hydrogen) atoms. The molecule has 0 aromatic carbocycles. The maximum Gasteiger partial charge on any atom is 0.335 e. The van der Waals surface area contributed by atoms with Gasteiger partial charge in [0.25, 0.3) is 0 Å². The first-order chi connectivity index (χ1) is 7.21. The van der Waals surface area contributed by atoms with E-state index in [1.54, 1.807) is 0 Å². The van der Waals surface area contributed by atoms with E-state index in [1.807, 2.05) is 13.8 Å². The van der Waals surface area contributed by atoms with Gasteiger partial charge in [0.2, 0.25) is 0 Å². The largest absolute Gasteiger partial charge is 0.478 e. The molecule has 0 bridgehead atoms. The highest BCUT2D eigenvalue weighted by atomic mass is 32.2. The lowest BCUT2D eigenvalue weighted by Gasteiger charge is -2.08. The Morgan fingerprint density at radius 1 is 1.38 bits per heavy atom. The van der Waals surface area contributed by atoms with Gasteiger partial charge in [-0.05, 0) is 18.1 Å². The number of rotatable bonds is 3. The number of carboxylic acids is 1. The summed E-state index contributed by atoms with van der Waals surface area (Å²) in [4.78, 5) is 14.8. The Morgan fingerprint density at radius 2 is 1.94 bits per heavy atom. The van der Waals surface area contributed by atoms with Gasteiger partial charge in [-0.25, -0.2) is 18.2 Å². The lowest BCUT2D eigenvalue weighted by atomic mass is 10.1. The second kappa shape index (κ2) is 4.21. The summed E-state index contributed by atoms with van der Waals surface area (Å²) in [6.07, 6.45) is 1.01. The van der Waals surface area contributed by atoms with E-state index in [4.69, 9.17) is 5.11 Å². The number of pyridine rings is 1. The summed E-state index contributed by atoms with van der Waals surface area (Å²) in [5.41, 5.74) is 0.402. The molecule has 0 unspecified atom stereocenters. The zero-order valence-corrected chi connectivity index (χ0v) is 10.1. The standard InChI is InChI=1S/C10H13NO4S/c1-6(2)8-4-7(10(12)13)5-9(11-8)16(3,14)15/h4-6H,1-3H3,(H,12,13). The van der Waals surface area contributed by atoms with Crippen molar-refractivity contribution in [2.75, 3.05) is 6.26 Å². The number of carbonyl (C=O) groups is 1. The van der Waals surface area contributed by atoms with Crippen LogP contribution < -0.4 is 0 Å². The van der Waals surface area contributed by atoms with Crippen LogP contribution in [-0.2, 0) is 9.84 Å². The monoisotopic (exact) mass is 243 g/mol. The van der Waals surface area contributed by atoms with E-state index in [1.165, 1.54) is 6.07 Å². The molecule has 1 heterocycles. The molecule has 0 aliphatic heterocycles. The third-order valence-corrected chi connectivity index (χ3v) is 3.01. The van der Waals surface area contributed by atoms with Crippen LogP contribution in [0.4, 0.5) is 0 Å². The van der Waals surface area contributed by atoms with Crippen molar-refractivity contribution in [3.05, 3.63) is 23.4 Å². The Morgan fingerprint density at radius 3 is 2.31 bits per heavy atom. The van der Waals surface area contributed by atoms with E-state index in [9.17, 15) is 13.2 Å². The normalized spacial score (nSPS) is 11.8. The van der Waals surface area contributed by atoms with Crippen molar-refractivity contribution < 1.29 is 18.3 Å². The molecule has 0 saturated carbocycles. The van der Waals surface area contributed by atoms with Crippen LogP contribution in [0, 0.1) is 0 Å². The molecule has 5 nitrogen and oxygen atoms in total. The molecule has 88 valence electrons. The number of sulfone groups is 1. The molecular weight excluding hydrogens is 230 g/mol. The van der Waals surface area contributed by atoms with Crippen LogP contribution >= 0.6 is 0 Å². The molecule has 1 aromatic rings. The molecule has 0 radical (unpaired) electrons. The lowest BCUT2D eigenvalue weighted by Crippen LogP contribution is -2.08. The van der Waals surface area contributed by atoms with Gasteiger partial charge < -0.3 is 5.11 Å². The smallest absolute Gasteiger partial charge is 0.335 e. The van der Waals surface area contributed by atoms with Crippen LogP contribution in [-0.4, -0.2) is 30.7 Å². The van der Waals surface area contributed by atoms with Crippen molar-refractivity contribution in [1.82, 2.24) is 4.98 Å². The molecule has 0 amide bonds. The molecule has 0 spiro atoms. The Balaban J connectivity index is 3.48. The van der Waals surface area contributed by atoms with Gasteiger partial charge in [-0.1, -0.05) is 13.8 Å². The average Bonchev–Trinajstić information content (AvgIpc) is 2.15. The Hall–Kier alpha value is -1.43. The van der Waals surface area contributed by atoms with Gasteiger partial charge in [-0.15, -0.1) is 0 Å². The van der Waals surface area contributed by atoms with E-state index >= 15 is 0 Å². The SMILES string of the molecule is CC(C)c1cc(C(=O)O)cc(S(C)(=O)=O)n1. The minimum Gasteiger partial charge on any atom is -0.478 e. The second-order valence-corrected chi connectivity index (χ2v) is 5.81. The van der Waals surface area contributed by atoms with Crippen molar-refractivity contribution in [1.29, 1.82) is 0 Å². The van der Waals surface area contributed by atoms with Gasteiger partial charge in [-0.2, -0.15) is 0 Å². The molecule has 6 heteroatoms. The first-order valence-corrected chi connectivity index (χ1v) is 6.56. The Labute approximate surface area is 94.1 Å². The minimum atomic E-state index is -3.49. The summed E-state index contributed by atoms with van der Waals surface area (Å²) in [7, 11) is -3.49. The van der Waals surface area contributed by atoms with Crippen molar-refractivity contribution in [3.63, 3.8) is 0 Å². The highest BCUT2D eigenvalue weighted by molar-refractivity contribution is 7.90. The van der Waals surface area contributed by atoms with Crippen LogP contribution in [0.15, 0.2) is 17.2 Å². The van der Waals surface area contributed by atoms with E-state index in [2.05, 4.69) is 4.98 Å². The fraction of sp³-hybridized carbons (Fsp3) is 0.400. The quantitative estimate of drug-likeness (QED) is 0.865. The molecular formula is C10H13NO4S. The molecule has 0 atom stereocenters. The van der Waals surface area contributed by atoms with Gasteiger partial charge in [0, 0.05) is 11.9 Å². The fourth-order valence-electron chi connectivity index (χ4n) is 1.13. The second-order valence-electron chi connectivity index (χ2n) is 3.85. The van der Waals surface area contributed by atoms with Crippen LogP contribution in [0.25, 0.3) is 0 Å². The number of aromatic carboxylic acids is 1. The van der Waals surface area contributed by atoms with Crippen LogP contribution in [0.3, 0.4) is 0 Å². The van der Waals surface area contributed by atoms with E-state index in [0.717, 1.165) is 12.3 Å². The maximum atomic E-state index is 11.3. The van der Waals surface area contributed by atoms with Crippen molar-refractivity contribution in [3.8, 4) is 0 Å². The van der Waals surface area contributed by atoms with Crippen LogP contribution in [0.2, 0.25) is 0 Å². The average molecular weight is 243 g/mol. The topological polar surface area (TPSA) is 84.3 Å². The maximum absolute atomic E-state index is 11.3. The summed E-state index contributed by atoms with van der Waals surface area (Å²) in [6.45, 7) is 3.64. The molecule has 0 aliphatic rings. The lowest BCUT2D eigenvalue weighted by molar-refractivity contribution is 0.0696. The first kappa shape index (κ1) is 12.6. The number of aromatic nitrogens is 1. The van der Waals surface area contributed by atoms with E-state index in [0.29, 0.717) is 5.69 Å². The molecule has 1 aromatic heterocycles. The first-order valence-electron chi connectivity index (χ1n) is 4.67. The summed E-state index contributed by atoms with van der Waals surface area (Å²) < 4.78 is 22.7. The zero-order chi connectivity index (χ0) is 12.5. The van der Waals surface area contributed by atoms with Gasteiger partial charge in [-0.3, -0.25) is 0 Å². The van der Waals surface area contributed by atoms with E-state index < -0.39 is 15.8 Å². The van der Waals surface area contributed by atoms with Crippen LogP contribution in [0.5, 0.6) is 0 Å². The summed E-state index contributed by atoms with van der Waals surface area (Å²) >= 11 is 0. The highest BCUT2D eigenvalue weighted by Gasteiger charge is 2.16. The Kier molecular flexibility index (Phi) is 3.32. The predicted octanol–water partition coefficient (Wildman–Crippen LogP) is 1.31. The third-order valence-electron chi connectivity index (χ3n) is 2.04. The molecule has 1 N–H and O–H groups in total. The number of nitrogens with zero attached hydrogens (tertiary/aromatic N) is 1. The van der Waals surface area contributed by atoms with Gasteiger partial charge in [0.15, 0.2) is 14.9 Å². The summed E-state index contributed by atoms with van der Waals surface area (Å²) in [6, 6.07) is 2.46.